The molecule has 0 amide bonds. The van der Waals surface area contributed by atoms with Gasteiger partial charge in [0.05, 0.1) is 11.6 Å². The third-order valence-corrected chi connectivity index (χ3v) is 3.24. The molecule has 0 fully saturated rings. The second-order valence-electron chi connectivity index (χ2n) is 3.44. The van der Waals surface area contributed by atoms with E-state index in [2.05, 4.69) is 15.9 Å². The number of nitrogens with one attached hydrogen (secondary N) is 1. The first kappa shape index (κ1) is 15.3. The molecule has 0 spiro atoms. The highest BCUT2D eigenvalue weighted by Crippen LogP contribution is 2.26. The van der Waals surface area contributed by atoms with Crippen molar-refractivity contribution >= 4 is 33.5 Å². The van der Waals surface area contributed by atoms with Crippen LogP contribution in [-0.4, -0.2) is 23.8 Å². The summed E-state index contributed by atoms with van der Waals surface area (Å²) in [5.41, 5.74) is 0.183. The molecule has 1 atom stereocenters. The number of halogens is 5. The Balaban J connectivity index is 2.91. The molecule has 3 nitrogen and oxygen atoms in total. The minimum atomic E-state index is -4.47. The largest absolute Gasteiger partial charge is 0.480 e. The average Bonchev–Trinajstić information content (AvgIpc) is 2.21. The second-order valence-corrected chi connectivity index (χ2v) is 4.70. The van der Waals surface area contributed by atoms with E-state index in [0.29, 0.717) is 9.50 Å². The topological polar surface area (TPSA) is 49.3 Å². The van der Waals surface area contributed by atoms with E-state index < -0.39 is 24.7 Å². The summed E-state index contributed by atoms with van der Waals surface area (Å²) in [6.07, 6.45) is -4.47. The maximum absolute atomic E-state index is 12.1. The Morgan fingerprint density at radius 3 is 2.56 bits per heavy atom. The third-order valence-electron chi connectivity index (χ3n) is 2.03. The molecule has 0 radical (unpaired) electrons. The standard InChI is InChI=1S/C10H8BrClF3NO2/c11-6-3-5(1-2-7(6)12)8(9(17)18)16-4-10(13,14)15/h1-3,8,16H,4H2,(H,17,18). The van der Waals surface area contributed by atoms with Gasteiger partial charge in [0.25, 0.3) is 0 Å². The molecule has 0 aliphatic heterocycles. The number of benzene rings is 1. The van der Waals surface area contributed by atoms with Crippen LogP contribution in [0, 0.1) is 0 Å². The van der Waals surface area contributed by atoms with Gasteiger partial charge < -0.3 is 5.11 Å². The molecule has 0 aromatic heterocycles. The van der Waals surface area contributed by atoms with E-state index in [-0.39, 0.29) is 5.56 Å². The van der Waals surface area contributed by atoms with Crippen LogP contribution in [0.15, 0.2) is 22.7 Å². The molecule has 1 rings (SSSR count). The molecule has 1 unspecified atom stereocenters. The Morgan fingerprint density at radius 1 is 1.50 bits per heavy atom. The van der Waals surface area contributed by atoms with E-state index in [4.69, 9.17) is 16.7 Å². The van der Waals surface area contributed by atoms with Crippen LogP contribution in [0.2, 0.25) is 5.02 Å². The first-order valence-electron chi connectivity index (χ1n) is 4.68. The van der Waals surface area contributed by atoms with Gasteiger partial charge in [0.1, 0.15) is 6.04 Å². The van der Waals surface area contributed by atoms with Gasteiger partial charge in [0.15, 0.2) is 0 Å². The van der Waals surface area contributed by atoms with Gasteiger partial charge in [0.2, 0.25) is 0 Å². The van der Waals surface area contributed by atoms with Crippen molar-refractivity contribution in [1.82, 2.24) is 5.32 Å². The molecule has 0 saturated heterocycles. The van der Waals surface area contributed by atoms with Crippen LogP contribution in [0.25, 0.3) is 0 Å². The highest BCUT2D eigenvalue weighted by Gasteiger charge is 2.30. The van der Waals surface area contributed by atoms with Gasteiger partial charge in [-0.15, -0.1) is 0 Å². The van der Waals surface area contributed by atoms with Crippen molar-refractivity contribution in [2.24, 2.45) is 0 Å². The molecule has 0 heterocycles. The van der Waals surface area contributed by atoms with Crippen LogP contribution in [0.5, 0.6) is 0 Å². The SMILES string of the molecule is O=C(O)C(NCC(F)(F)F)c1ccc(Cl)c(Br)c1. The molecular formula is C10H8BrClF3NO2. The van der Waals surface area contributed by atoms with Crippen molar-refractivity contribution in [2.45, 2.75) is 12.2 Å². The number of hydrogen-bond acceptors (Lipinski definition) is 2. The molecular weight excluding hydrogens is 338 g/mol. The Hall–Kier alpha value is -0.790. The van der Waals surface area contributed by atoms with Crippen LogP contribution in [-0.2, 0) is 4.79 Å². The maximum Gasteiger partial charge on any atom is 0.401 e. The molecule has 0 aliphatic carbocycles. The summed E-state index contributed by atoms with van der Waals surface area (Å²) in [6, 6.07) is 2.69. The van der Waals surface area contributed by atoms with Crippen LogP contribution < -0.4 is 5.32 Å². The molecule has 0 saturated carbocycles. The predicted molar refractivity (Wildman–Crippen MR) is 63.6 cm³/mol. The minimum Gasteiger partial charge on any atom is -0.480 e. The van der Waals surface area contributed by atoms with Gasteiger partial charge in [-0.1, -0.05) is 17.7 Å². The lowest BCUT2D eigenvalue weighted by Crippen LogP contribution is -2.36. The summed E-state index contributed by atoms with van der Waals surface area (Å²) in [5.74, 6) is -1.39. The van der Waals surface area contributed by atoms with E-state index >= 15 is 0 Å². The fourth-order valence-corrected chi connectivity index (χ4v) is 1.77. The fraction of sp³-hybridized carbons (Fsp3) is 0.300. The van der Waals surface area contributed by atoms with Gasteiger partial charge in [-0.25, -0.2) is 0 Å². The van der Waals surface area contributed by atoms with E-state index in [1.54, 1.807) is 0 Å². The lowest BCUT2D eigenvalue weighted by atomic mass is 10.1. The van der Waals surface area contributed by atoms with Crippen molar-refractivity contribution in [3.05, 3.63) is 33.3 Å². The van der Waals surface area contributed by atoms with Crippen molar-refractivity contribution < 1.29 is 23.1 Å². The molecule has 18 heavy (non-hydrogen) atoms. The van der Waals surface area contributed by atoms with E-state index in [0.717, 1.165) is 0 Å². The fourth-order valence-electron chi connectivity index (χ4n) is 1.26. The first-order valence-corrected chi connectivity index (χ1v) is 5.85. The summed E-state index contributed by atoms with van der Waals surface area (Å²) in [5, 5.41) is 11.2. The Kier molecular flexibility index (Phi) is 5.01. The first-order chi connectivity index (χ1) is 8.20. The van der Waals surface area contributed by atoms with Crippen molar-refractivity contribution in [2.75, 3.05) is 6.54 Å². The normalized spacial score (nSPS) is 13.4. The molecule has 0 aliphatic rings. The Bertz CT molecular complexity index is 453. The predicted octanol–water partition coefficient (Wildman–Crippen LogP) is 3.38. The molecule has 1 aromatic carbocycles. The summed E-state index contributed by atoms with van der Waals surface area (Å²) >= 11 is 8.80. The van der Waals surface area contributed by atoms with Crippen LogP contribution in [0.4, 0.5) is 13.2 Å². The second kappa shape index (κ2) is 5.90. The number of carbonyl (C=O) groups is 1. The zero-order chi connectivity index (χ0) is 13.9. The van der Waals surface area contributed by atoms with E-state index in [1.165, 1.54) is 18.2 Å². The van der Waals surface area contributed by atoms with Crippen LogP contribution >= 0.6 is 27.5 Å². The van der Waals surface area contributed by atoms with Crippen LogP contribution in [0.3, 0.4) is 0 Å². The van der Waals surface area contributed by atoms with Gasteiger partial charge in [-0.2, -0.15) is 13.2 Å². The number of carboxylic acid groups (broad SMARTS) is 1. The Morgan fingerprint density at radius 2 is 2.11 bits per heavy atom. The van der Waals surface area contributed by atoms with Gasteiger partial charge in [-0.05, 0) is 33.6 Å². The lowest BCUT2D eigenvalue weighted by Gasteiger charge is -2.16. The quantitative estimate of drug-likeness (QED) is 0.879. The smallest absolute Gasteiger partial charge is 0.401 e. The van der Waals surface area contributed by atoms with Gasteiger partial charge in [-0.3, -0.25) is 10.1 Å². The van der Waals surface area contributed by atoms with Crippen molar-refractivity contribution in [1.29, 1.82) is 0 Å². The number of aliphatic carboxylic acids is 1. The number of carboxylic acids is 1. The minimum absolute atomic E-state index is 0.183. The monoisotopic (exact) mass is 345 g/mol. The number of rotatable bonds is 4. The summed E-state index contributed by atoms with van der Waals surface area (Å²) in [7, 11) is 0. The lowest BCUT2D eigenvalue weighted by molar-refractivity contribution is -0.143. The van der Waals surface area contributed by atoms with Crippen LogP contribution in [0.1, 0.15) is 11.6 Å². The molecule has 0 bridgehead atoms. The number of hydrogen-bond donors (Lipinski definition) is 2. The highest BCUT2D eigenvalue weighted by atomic mass is 79.9. The molecule has 1 aromatic rings. The van der Waals surface area contributed by atoms with Gasteiger partial charge in [0, 0.05) is 4.47 Å². The summed E-state index contributed by atoms with van der Waals surface area (Å²) < 4.78 is 36.6. The zero-order valence-electron chi connectivity index (χ0n) is 8.76. The van der Waals surface area contributed by atoms with Crippen molar-refractivity contribution in [3.8, 4) is 0 Å². The van der Waals surface area contributed by atoms with E-state index in [9.17, 15) is 18.0 Å². The van der Waals surface area contributed by atoms with E-state index in [1.807, 2.05) is 5.32 Å². The highest BCUT2D eigenvalue weighted by molar-refractivity contribution is 9.10. The molecule has 8 heteroatoms. The molecule has 100 valence electrons. The third kappa shape index (κ3) is 4.47. The van der Waals surface area contributed by atoms with Gasteiger partial charge >= 0.3 is 12.1 Å². The maximum atomic E-state index is 12.1. The average molecular weight is 347 g/mol. The van der Waals surface area contributed by atoms with Crippen molar-refractivity contribution in [3.63, 3.8) is 0 Å². The Labute approximate surface area is 114 Å². The summed E-state index contributed by atoms with van der Waals surface area (Å²) in [4.78, 5) is 10.9. The zero-order valence-corrected chi connectivity index (χ0v) is 11.1. The molecule has 2 N–H and O–H groups in total. The number of alkyl halides is 3. The summed E-state index contributed by atoms with van der Waals surface area (Å²) in [6.45, 7) is -1.38.